The lowest BCUT2D eigenvalue weighted by molar-refractivity contribution is -0.136. The third-order valence-electron chi connectivity index (χ3n) is 3.83. The van der Waals surface area contributed by atoms with Crippen molar-refractivity contribution in [3.05, 3.63) is 34.9 Å². The number of imide groups is 1. The zero-order valence-corrected chi connectivity index (χ0v) is 12.1. The van der Waals surface area contributed by atoms with Crippen LogP contribution < -0.4 is 11.1 Å². The monoisotopic (exact) mass is 309 g/mol. The molecule has 6 nitrogen and oxygen atoms in total. The van der Waals surface area contributed by atoms with E-state index in [4.69, 9.17) is 5.73 Å². The largest absolute Gasteiger partial charge is 0.326 e. The quantitative estimate of drug-likeness (QED) is 0.770. The first kappa shape index (κ1) is 15.5. The summed E-state index contributed by atoms with van der Waals surface area (Å²) in [5.74, 6) is -0.827. The van der Waals surface area contributed by atoms with Gasteiger partial charge in [-0.15, -0.1) is 12.4 Å². The van der Waals surface area contributed by atoms with Crippen LogP contribution in [-0.2, 0) is 22.7 Å². The van der Waals surface area contributed by atoms with Gasteiger partial charge in [-0.1, -0.05) is 12.1 Å². The standard InChI is InChI=1S/C14H15N3O3.ClH/c15-6-8-1-2-9-7-17(14(20)10(9)5-8)11-3-4-12(18)16-13(11)19;/h1-2,5,11H,3-4,6-7,15H2,(H,16,18,19);1H/t11-;/m0./s1. The fourth-order valence-electron chi connectivity index (χ4n) is 2.73. The van der Waals surface area contributed by atoms with Crippen LogP contribution in [0.15, 0.2) is 18.2 Å². The predicted octanol–water partition coefficient (Wildman–Crippen LogP) is 0.328. The van der Waals surface area contributed by atoms with Crippen LogP contribution in [0.2, 0.25) is 0 Å². The summed E-state index contributed by atoms with van der Waals surface area (Å²) in [6.07, 6.45) is 0.652. The fraction of sp³-hybridized carbons (Fsp3) is 0.357. The lowest BCUT2D eigenvalue weighted by atomic mass is 10.0. The Balaban J connectivity index is 0.00000161. The zero-order valence-electron chi connectivity index (χ0n) is 11.3. The zero-order chi connectivity index (χ0) is 14.3. The lowest BCUT2D eigenvalue weighted by Gasteiger charge is -2.29. The number of benzene rings is 1. The maximum atomic E-state index is 12.4. The van der Waals surface area contributed by atoms with E-state index in [9.17, 15) is 14.4 Å². The molecule has 0 aromatic heterocycles. The Morgan fingerprint density at radius 2 is 2.05 bits per heavy atom. The van der Waals surface area contributed by atoms with Crippen molar-refractivity contribution >= 4 is 30.1 Å². The van der Waals surface area contributed by atoms with Gasteiger partial charge in [0.2, 0.25) is 11.8 Å². The molecule has 2 aliphatic heterocycles. The molecule has 0 bridgehead atoms. The molecule has 0 saturated carbocycles. The number of nitrogens with one attached hydrogen (secondary N) is 1. The molecule has 1 saturated heterocycles. The predicted molar refractivity (Wildman–Crippen MR) is 77.6 cm³/mol. The van der Waals surface area contributed by atoms with Crippen LogP contribution in [0, 0.1) is 0 Å². The molecule has 1 fully saturated rings. The van der Waals surface area contributed by atoms with E-state index < -0.39 is 6.04 Å². The summed E-state index contributed by atoms with van der Waals surface area (Å²) in [6.45, 7) is 0.782. The van der Waals surface area contributed by atoms with Gasteiger partial charge in [0.05, 0.1) is 0 Å². The van der Waals surface area contributed by atoms with Crippen LogP contribution in [0.1, 0.15) is 34.3 Å². The van der Waals surface area contributed by atoms with Gasteiger partial charge in [0.1, 0.15) is 6.04 Å². The summed E-state index contributed by atoms with van der Waals surface area (Å²) in [6, 6.07) is 4.99. The van der Waals surface area contributed by atoms with Gasteiger partial charge < -0.3 is 10.6 Å². The molecule has 21 heavy (non-hydrogen) atoms. The van der Waals surface area contributed by atoms with Crippen molar-refractivity contribution in [2.24, 2.45) is 5.73 Å². The Morgan fingerprint density at radius 3 is 2.71 bits per heavy atom. The van der Waals surface area contributed by atoms with E-state index in [1.54, 1.807) is 6.07 Å². The molecule has 1 aromatic carbocycles. The Kier molecular flexibility index (Phi) is 4.29. The summed E-state index contributed by atoms with van der Waals surface area (Å²) >= 11 is 0. The number of rotatable bonds is 2. The number of amides is 3. The maximum Gasteiger partial charge on any atom is 0.255 e. The minimum atomic E-state index is -0.561. The molecule has 2 aliphatic rings. The molecule has 0 spiro atoms. The van der Waals surface area contributed by atoms with Gasteiger partial charge in [-0.25, -0.2) is 0 Å². The molecule has 7 heteroatoms. The SMILES string of the molecule is Cl.NCc1ccc2c(c1)C(=O)N([C@H]1CCC(=O)NC1=O)C2. The van der Waals surface area contributed by atoms with E-state index in [0.717, 1.165) is 11.1 Å². The second kappa shape index (κ2) is 5.83. The first-order chi connectivity index (χ1) is 9.60. The molecule has 1 atom stereocenters. The molecule has 3 amide bonds. The first-order valence-corrected chi connectivity index (χ1v) is 6.56. The molecule has 3 N–H and O–H groups in total. The highest BCUT2D eigenvalue weighted by Gasteiger charge is 2.38. The van der Waals surface area contributed by atoms with Gasteiger partial charge in [0.15, 0.2) is 0 Å². The molecule has 3 rings (SSSR count). The van der Waals surface area contributed by atoms with Crippen molar-refractivity contribution < 1.29 is 14.4 Å². The molecule has 0 aliphatic carbocycles. The van der Waals surface area contributed by atoms with Crippen molar-refractivity contribution in [2.75, 3.05) is 0 Å². The van der Waals surface area contributed by atoms with Crippen molar-refractivity contribution in [3.8, 4) is 0 Å². The highest BCUT2D eigenvalue weighted by Crippen LogP contribution is 2.28. The average molecular weight is 310 g/mol. The summed E-state index contributed by atoms with van der Waals surface area (Å²) < 4.78 is 0. The van der Waals surface area contributed by atoms with Crippen molar-refractivity contribution in [1.82, 2.24) is 10.2 Å². The minimum absolute atomic E-state index is 0. The number of nitrogens with two attached hydrogens (primary N) is 1. The number of fused-ring (bicyclic) bond motifs is 1. The van der Waals surface area contributed by atoms with Crippen LogP contribution in [0.4, 0.5) is 0 Å². The smallest absolute Gasteiger partial charge is 0.255 e. The van der Waals surface area contributed by atoms with Crippen LogP contribution in [0.5, 0.6) is 0 Å². The number of hydrogen-bond donors (Lipinski definition) is 2. The van der Waals surface area contributed by atoms with Crippen molar-refractivity contribution in [3.63, 3.8) is 0 Å². The molecule has 1 aromatic rings. The first-order valence-electron chi connectivity index (χ1n) is 6.56. The molecule has 2 heterocycles. The minimum Gasteiger partial charge on any atom is -0.326 e. The second-order valence-corrected chi connectivity index (χ2v) is 5.10. The number of carbonyl (C=O) groups excluding carboxylic acids is 3. The van der Waals surface area contributed by atoms with E-state index in [2.05, 4.69) is 5.32 Å². The average Bonchev–Trinajstić information content (AvgIpc) is 2.76. The third-order valence-corrected chi connectivity index (χ3v) is 3.83. The highest BCUT2D eigenvalue weighted by atomic mass is 35.5. The van der Waals surface area contributed by atoms with Gasteiger partial charge in [-0.2, -0.15) is 0 Å². The van der Waals surface area contributed by atoms with E-state index in [0.29, 0.717) is 25.1 Å². The van der Waals surface area contributed by atoms with E-state index in [1.165, 1.54) is 4.90 Å². The van der Waals surface area contributed by atoms with Gasteiger partial charge in [-0.05, 0) is 23.6 Å². The number of hydrogen-bond acceptors (Lipinski definition) is 4. The summed E-state index contributed by atoms with van der Waals surface area (Å²) in [7, 11) is 0. The molecular formula is C14H16ClN3O3. The topological polar surface area (TPSA) is 92.5 Å². The van der Waals surface area contributed by atoms with Gasteiger partial charge in [-0.3, -0.25) is 19.7 Å². The van der Waals surface area contributed by atoms with Gasteiger partial charge in [0, 0.05) is 25.1 Å². The molecule has 112 valence electrons. The van der Waals surface area contributed by atoms with Crippen molar-refractivity contribution in [1.29, 1.82) is 0 Å². The summed E-state index contributed by atoms with van der Waals surface area (Å²) in [5.41, 5.74) is 7.98. The van der Waals surface area contributed by atoms with E-state index in [-0.39, 0.29) is 36.5 Å². The normalized spacial score (nSPS) is 20.9. The Labute approximate surface area is 128 Å². The fourth-order valence-corrected chi connectivity index (χ4v) is 2.73. The van der Waals surface area contributed by atoms with E-state index >= 15 is 0 Å². The summed E-state index contributed by atoms with van der Waals surface area (Å²) in [4.78, 5) is 37.0. The molecule has 0 radical (unpaired) electrons. The highest BCUT2D eigenvalue weighted by molar-refractivity contribution is 6.05. The van der Waals surface area contributed by atoms with Crippen LogP contribution in [-0.4, -0.2) is 28.7 Å². The Morgan fingerprint density at radius 1 is 1.29 bits per heavy atom. The number of carbonyl (C=O) groups is 3. The van der Waals surface area contributed by atoms with E-state index in [1.807, 2.05) is 12.1 Å². The van der Waals surface area contributed by atoms with Gasteiger partial charge in [0.25, 0.3) is 5.91 Å². The number of nitrogens with zero attached hydrogens (tertiary/aromatic N) is 1. The second-order valence-electron chi connectivity index (χ2n) is 5.10. The van der Waals surface area contributed by atoms with Crippen LogP contribution in [0.25, 0.3) is 0 Å². The molecule has 0 unspecified atom stereocenters. The van der Waals surface area contributed by atoms with Gasteiger partial charge >= 0.3 is 0 Å². The lowest BCUT2D eigenvalue weighted by Crippen LogP contribution is -2.52. The van der Waals surface area contributed by atoms with Crippen LogP contribution >= 0.6 is 12.4 Å². The molecular weight excluding hydrogens is 294 g/mol. The number of piperidine rings is 1. The maximum absolute atomic E-state index is 12.4. The van der Waals surface area contributed by atoms with Crippen molar-refractivity contribution in [2.45, 2.75) is 32.0 Å². The number of halogens is 1. The Hall–Kier alpha value is -1.92. The third kappa shape index (κ3) is 2.64. The summed E-state index contributed by atoms with van der Waals surface area (Å²) in [5, 5.41) is 2.28. The van der Waals surface area contributed by atoms with Crippen LogP contribution in [0.3, 0.4) is 0 Å². The Bertz CT molecular complexity index is 617.